The number of hydrogen-bond donors (Lipinski definition) is 0. The zero-order chi connectivity index (χ0) is 15.8. The highest BCUT2D eigenvalue weighted by molar-refractivity contribution is 5.66. The van der Waals surface area contributed by atoms with Crippen LogP contribution in [-0.2, 0) is 14.3 Å². The van der Waals surface area contributed by atoms with Crippen LogP contribution in [0.2, 0.25) is 0 Å². The number of ether oxygens (including phenoxy) is 2. The lowest BCUT2D eigenvalue weighted by atomic mass is 10.1. The van der Waals surface area contributed by atoms with Gasteiger partial charge >= 0.3 is 5.97 Å². The summed E-state index contributed by atoms with van der Waals surface area (Å²) in [5.41, 5.74) is 0. The summed E-state index contributed by atoms with van der Waals surface area (Å²) in [4.78, 5) is 11.0. The number of carbonyl (C=O) groups is 1. The molecule has 1 atom stereocenters. The summed E-state index contributed by atoms with van der Waals surface area (Å²) in [6.07, 6.45) is 14.3. The molecule has 0 aromatic carbocycles. The van der Waals surface area contributed by atoms with E-state index in [4.69, 9.17) is 9.47 Å². The van der Waals surface area contributed by atoms with Crippen molar-refractivity contribution in [2.75, 3.05) is 6.61 Å². The van der Waals surface area contributed by atoms with E-state index in [9.17, 15) is 4.79 Å². The van der Waals surface area contributed by atoms with Gasteiger partial charge in [0.2, 0.25) is 6.29 Å². The Labute approximate surface area is 131 Å². The van der Waals surface area contributed by atoms with Gasteiger partial charge < -0.3 is 9.47 Å². The standard InChI is InChI=1S/C18H36O3/c1-4-6-8-9-10-11-12-13-14-15-18(21-17(3)19)20-16-7-5-2/h18H,4-16H2,1-3H3. The zero-order valence-corrected chi connectivity index (χ0v) is 14.5. The van der Waals surface area contributed by atoms with Crippen LogP contribution < -0.4 is 0 Å². The van der Waals surface area contributed by atoms with Crippen LogP contribution >= 0.6 is 0 Å². The molecule has 0 saturated carbocycles. The minimum absolute atomic E-state index is 0.243. The molecule has 21 heavy (non-hydrogen) atoms. The molecule has 1 unspecified atom stereocenters. The average molecular weight is 300 g/mol. The summed E-state index contributed by atoms with van der Waals surface area (Å²) >= 11 is 0. The van der Waals surface area contributed by atoms with Crippen molar-refractivity contribution < 1.29 is 14.3 Å². The monoisotopic (exact) mass is 300 g/mol. The van der Waals surface area contributed by atoms with Gasteiger partial charge in [-0.3, -0.25) is 4.79 Å². The fourth-order valence-corrected chi connectivity index (χ4v) is 2.34. The van der Waals surface area contributed by atoms with Crippen LogP contribution in [0.4, 0.5) is 0 Å². The van der Waals surface area contributed by atoms with E-state index >= 15 is 0 Å². The van der Waals surface area contributed by atoms with E-state index in [1.807, 2.05) is 0 Å². The van der Waals surface area contributed by atoms with E-state index in [1.165, 1.54) is 58.3 Å². The summed E-state index contributed by atoms with van der Waals surface area (Å²) in [6.45, 7) is 6.52. The Kier molecular flexibility index (Phi) is 15.4. The van der Waals surface area contributed by atoms with Crippen molar-refractivity contribution >= 4 is 5.97 Å². The minimum Gasteiger partial charge on any atom is -0.436 e. The predicted molar refractivity (Wildman–Crippen MR) is 88.3 cm³/mol. The third kappa shape index (κ3) is 15.6. The Balaban J connectivity index is 3.51. The van der Waals surface area contributed by atoms with Gasteiger partial charge in [0, 0.05) is 13.3 Å². The topological polar surface area (TPSA) is 35.5 Å². The molecule has 3 nitrogen and oxygen atoms in total. The first-order chi connectivity index (χ1) is 10.2. The molecule has 0 fully saturated rings. The molecule has 0 spiro atoms. The number of rotatable bonds is 15. The van der Waals surface area contributed by atoms with Crippen molar-refractivity contribution in [1.82, 2.24) is 0 Å². The number of esters is 1. The van der Waals surface area contributed by atoms with Crippen LogP contribution in [0.15, 0.2) is 0 Å². The Morgan fingerprint density at radius 2 is 1.33 bits per heavy atom. The minimum atomic E-state index is -0.335. The average Bonchev–Trinajstić information content (AvgIpc) is 2.45. The predicted octanol–water partition coefficient (Wildman–Crippen LogP) is 5.61. The van der Waals surface area contributed by atoms with Gasteiger partial charge in [0.05, 0.1) is 6.61 Å². The van der Waals surface area contributed by atoms with E-state index in [0.29, 0.717) is 6.61 Å². The van der Waals surface area contributed by atoms with Gasteiger partial charge in [-0.2, -0.15) is 0 Å². The Hall–Kier alpha value is -0.570. The van der Waals surface area contributed by atoms with Crippen molar-refractivity contribution in [3.63, 3.8) is 0 Å². The summed E-state index contributed by atoms with van der Waals surface area (Å²) in [5, 5.41) is 0. The van der Waals surface area contributed by atoms with Crippen LogP contribution in [0.25, 0.3) is 0 Å². The first-order valence-electron chi connectivity index (χ1n) is 8.99. The first-order valence-corrected chi connectivity index (χ1v) is 8.99. The second-order valence-corrected chi connectivity index (χ2v) is 5.88. The van der Waals surface area contributed by atoms with Crippen molar-refractivity contribution in [2.24, 2.45) is 0 Å². The fraction of sp³-hybridized carbons (Fsp3) is 0.944. The highest BCUT2D eigenvalue weighted by atomic mass is 16.7. The smallest absolute Gasteiger partial charge is 0.304 e. The first kappa shape index (κ1) is 20.4. The third-order valence-corrected chi connectivity index (χ3v) is 3.64. The fourth-order valence-electron chi connectivity index (χ4n) is 2.34. The normalized spacial score (nSPS) is 12.3. The molecular weight excluding hydrogens is 264 g/mol. The summed E-state index contributed by atoms with van der Waals surface area (Å²) < 4.78 is 10.8. The quantitative estimate of drug-likeness (QED) is 0.224. The zero-order valence-electron chi connectivity index (χ0n) is 14.5. The van der Waals surface area contributed by atoms with E-state index in [0.717, 1.165) is 25.7 Å². The summed E-state index contributed by atoms with van der Waals surface area (Å²) in [5.74, 6) is -0.243. The van der Waals surface area contributed by atoms with Gasteiger partial charge in [0.15, 0.2) is 0 Å². The van der Waals surface area contributed by atoms with E-state index in [1.54, 1.807) is 0 Å². The molecule has 3 heteroatoms. The molecule has 0 heterocycles. The molecular formula is C18H36O3. The molecule has 0 aliphatic heterocycles. The second kappa shape index (κ2) is 15.8. The molecule has 0 aliphatic rings. The SMILES string of the molecule is CCCCCCCCCCCC(OCCCC)OC(C)=O. The number of unbranched alkanes of at least 4 members (excludes halogenated alkanes) is 9. The van der Waals surface area contributed by atoms with Crippen LogP contribution in [0.1, 0.15) is 97.8 Å². The maximum atomic E-state index is 11.0. The van der Waals surface area contributed by atoms with Crippen molar-refractivity contribution in [3.05, 3.63) is 0 Å². The molecule has 0 N–H and O–H groups in total. The molecule has 0 aliphatic carbocycles. The Morgan fingerprint density at radius 3 is 1.86 bits per heavy atom. The second-order valence-electron chi connectivity index (χ2n) is 5.88. The summed E-state index contributed by atoms with van der Waals surface area (Å²) in [7, 11) is 0. The van der Waals surface area contributed by atoms with Gasteiger partial charge in [-0.05, 0) is 12.8 Å². The van der Waals surface area contributed by atoms with Crippen molar-refractivity contribution in [2.45, 2.75) is 104 Å². The van der Waals surface area contributed by atoms with E-state index in [-0.39, 0.29) is 12.3 Å². The third-order valence-electron chi connectivity index (χ3n) is 3.64. The molecule has 0 amide bonds. The molecule has 0 radical (unpaired) electrons. The highest BCUT2D eigenvalue weighted by Crippen LogP contribution is 2.13. The van der Waals surface area contributed by atoms with Gasteiger partial charge in [-0.1, -0.05) is 71.6 Å². The van der Waals surface area contributed by atoms with Crippen molar-refractivity contribution in [3.8, 4) is 0 Å². The maximum absolute atomic E-state index is 11.0. The largest absolute Gasteiger partial charge is 0.436 e. The van der Waals surface area contributed by atoms with Crippen LogP contribution in [-0.4, -0.2) is 18.9 Å². The van der Waals surface area contributed by atoms with Crippen LogP contribution in [0, 0.1) is 0 Å². The lowest BCUT2D eigenvalue weighted by Gasteiger charge is -2.17. The molecule has 0 bridgehead atoms. The molecule has 0 saturated heterocycles. The molecule has 0 rings (SSSR count). The lowest BCUT2D eigenvalue weighted by molar-refractivity contribution is -0.178. The number of carbonyl (C=O) groups excluding carboxylic acids is 1. The van der Waals surface area contributed by atoms with Gasteiger partial charge in [-0.25, -0.2) is 0 Å². The van der Waals surface area contributed by atoms with Gasteiger partial charge in [0.25, 0.3) is 0 Å². The summed E-state index contributed by atoms with van der Waals surface area (Å²) in [6, 6.07) is 0. The maximum Gasteiger partial charge on any atom is 0.304 e. The van der Waals surface area contributed by atoms with Crippen LogP contribution in [0.5, 0.6) is 0 Å². The molecule has 0 aromatic heterocycles. The van der Waals surface area contributed by atoms with E-state index < -0.39 is 0 Å². The Morgan fingerprint density at radius 1 is 0.810 bits per heavy atom. The Bertz CT molecular complexity index is 229. The van der Waals surface area contributed by atoms with Gasteiger partial charge in [0.1, 0.15) is 0 Å². The molecule has 0 aromatic rings. The van der Waals surface area contributed by atoms with E-state index in [2.05, 4.69) is 13.8 Å². The van der Waals surface area contributed by atoms with Crippen LogP contribution in [0.3, 0.4) is 0 Å². The van der Waals surface area contributed by atoms with Crippen molar-refractivity contribution in [1.29, 1.82) is 0 Å². The number of hydrogen-bond acceptors (Lipinski definition) is 3. The molecule has 126 valence electrons. The highest BCUT2D eigenvalue weighted by Gasteiger charge is 2.11. The van der Waals surface area contributed by atoms with Gasteiger partial charge in [-0.15, -0.1) is 0 Å². The lowest BCUT2D eigenvalue weighted by Crippen LogP contribution is -2.20.